The molecule has 3 heteroatoms. The lowest BCUT2D eigenvalue weighted by atomic mass is 10.2. The van der Waals surface area contributed by atoms with E-state index in [1.807, 2.05) is 0 Å². The molecule has 0 amide bonds. The minimum absolute atomic E-state index is 0. The summed E-state index contributed by atoms with van der Waals surface area (Å²) in [4.78, 5) is 2.51. The molecule has 0 bridgehead atoms. The third-order valence-corrected chi connectivity index (χ3v) is 3.70. The molecule has 0 aliphatic carbocycles. The average molecular weight is 346 g/mol. The molecule has 0 saturated carbocycles. The number of likely N-dealkylation sites (N-methyl/N-ethyl adjacent to an activating group) is 1. The van der Waals surface area contributed by atoms with E-state index in [1.165, 1.54) is 49.3 Å². The Kier molecular flexibility index (Phi) is 5.73. The van der Waals surface area contributed by atoms with Gasteiger partial charge in [-0.1, -0.05) is 25.1 Å². The van der Waals surface area contributed by atoms with Crippen molar-refractivity contribution in [3.63, 3.8) is 0 Å². The van der Waals surface area contributed by atoms with Gasteiger partial charge in [0.05, 0.1) is 39.8 Å². The molecule has 0 radical (unpaired) electrons. The molecule has 1 saturated heterocycles. The van der Waals surface area contributed by atoms with Gasteiger partial charge in [-0.25, -0.2) is 0 Å². The molecule has 96 valence electrons. The van der Waals surface area contributed by atoms with Gasteiger partial charge in [-0.05, 0) is 18.6 Å². The SMILES string of the molecule is CCC[N+]1(C)CCN(c2ccccc2)CC1.[I-]. The van der Waals surface area contributed by atoms with Crippen molar-refractivity contribution in [1.82, 2.24) is 0 Å². The Hall–Kier alpha value is -0.290. The normalized spacial score (nSPS) is 18.6. The lowest BCUT2D eigenvalue weighted by molar-refractivity contribution is -0.910. The molecule has 1 aromatic carbocycles. The first-order valence-electron chi connectivity index (χ1n) is 6.37. The molecular formula is C14H23IN2. The molecule has 0 aromatic heterocycles. The van der Waals surface area contributed by atoms with Crippen LogP contribution in [0.15, 0.2) is 30.3 Å². The number of hydrogen-bond acceptors (Lipinski definition) is 1. The summed E-state index contributed by atoms with van der Waals surface area (Å²) < 4.78 is 1.25. The van der Waals surface area contributed by atoms with E-state index in [0.717, 1.165) is 0 Å². The van der Waals surface area contributed by atoms with E-state index in [4.69, 9.17) is 0 Å². The van der Waals surface area contributed by atoms with Gasteiger partial charge < -0.3 is 33.4 Å². The second kappa shape index (κ2) is 6.59. The maximum atomic E-state index is 2.51. The number of para-hydroxylation sites is 1. The number of hydrogen-bond donors (Lipinski definition) is 0. The second-order valence-corrected chi connectivity index (χ2v) is 5.11. The van der Waals surface area contributed by atoms with Gasteiger partial charge in [0.1, 0.15) is 0 Å². The Labute approximate surface area is 122 Å². The Morgan fingerprint density at radius 1 is 1.12 bits per heavy atom. The van der Waals surface area contributed by atoms with E-state index in [-0.39, 0.29) is 24.0 Å². The van der Waals surface area contributed by atoms with Crippen LogP contribution in [0.25, 0.3) is 0 Å². The number of halogens is 1. The van der Waals surface area contributed by atoms with E-state index >= 15 is 0 Å². The van der Waals surface area contributed by atoms with Crippen molar-refractivity contribution in [1.29, 1.82) is 0 Å². The summed E-state index contributed by atoms with van der Waals surface area (Å²) in [6.07, 6.45) is 1.29. The molecule has 0 N–H and O–H groups in total. The van der Waals surface area contributed by atoms with Gasteiger partial charge in [-0.3, -0.25) is 0 Å². The highest BCUT2D eigenvalue weighted by Crippen LogP contribution is 2.18. The van der Waals surface area contributed by atoms with Crippen LogP contribution in [0, 0.1) is 0 Å². The standard InChI is InChI=1S/C14H23N2.HI/c1-3-11-16(2)12-9-15(10-13-16)14-7-5-4-6-8-14;/h4-8H,3,9-13H2,1-2H3;1H/q+1;/p-1. The van der Waals surface area contributed by atoms with Crippen molar-refractivity contribution in [3.05, 3.63) is 30.3 Å². The number of nitrogens with zero attached hydrogens (tertiary/aromatic N) is 2. The van der Waals surface area contributed by atoms with Crippen LogP contribution >= 0.6 is 0 Å². The molecule has 2 nitrogen and oxygen atoms in total. The maximum Gasteiger partial charge on any atom is 0.0963 e. The van der Waals surface area contributed by atoms with Crippen molar-refractivity contribution in [2.24, 2.45) is 0 Å². The van der Waals surface area contributed by atoms with Crippen LogP contribution in [0.1, 0.15) is 13.3 Å². The van der Waals surface area contributed by atoms with Crippen molar-refractivity contribution in [3.8, 4) is 0 Å². The highest BCUT2D eigenvalue weighted by Gasteiger charge is 2.27. The number of piperazine rings is 1. The summed E-state index contributed by atoms with van der Waals surface area (Å²) in [6, 6.07) is 10.8. The Balaban J connectivity index is 0.00000144. The predicted molar refractivity (Wildman–Crippen MR) is 69.7 cm³/mol. The van der Waals surface area contributed by atoms with Crippen LogP contribution in [-0.4, -0.2) is 44.3 Å². The van der Waals surface area contributed by atoms with Crippen LogP contribution < -0.4 is 28.9 Å². The van der Waals surface area contributed by atoms with Gasteiger partial charge in [0.2, 0.25) is 0 Å². The fourth-order valence-electron chi connectivity index (χ4n) is 2.61. The Morgan fingerprint density at radius 3 is 2.24 bits per heavy atom. The van der Waals surface area contributed by atoms with E-state index in [2.05, 4.69) is 49.2 Å². The molecule has 1 heterocycles. The molecule has 0 atom stereocenters. The molecule has 1 aromatic rings. The highest BCUT2D eigenvalue weighted by atomic mass is 127. The second-order valence-electron chi connectivity index (χ2n) is 5.11. The molecule has 1 aliphatic rings. The van der Waals surface area contributed by atoms with Gasteiger partial charge in [0, 0.05) is 5.69 Å². The van der Waals surface area contributed by atoms with Crippen LogP contribution in [0.4, 0.5) is 5.69 Å². The zero-order valence-electron chi connectivity index (χ0n) is 10.9. The topological polar surface area (TPSA) is 3.24 Å². The summed E-state index contributed by atoms with van der Waals surface area (Å²) >= 11 is 0. The van der Waals surface area contributed by atoms with Crippen LogP contribution in [0.5, 0.6) is 0 Å². The lowest BCUT2D eigenvalue weighted by Gasteiger charge is -2.42. The summed E-state index contributed by atoms with van der Waals surface area (Å²) in [5, 5.41) is 0. The maximum absolute atomic E-state index is 2.51. The summed E-state index contributed by atoms with van der Waals surface area (Å²) in [5.41, 5.74) is 1.38. The number of anilines is 1. The first-order chi connectivity index (χ1) is 7.73. The largest absolute Gasteiger partial charge is 1.00 e. The molecule has 17 heavy (non-hydrogen) atoms. The molecule has 1 fully saturated rings. The predicted octanol–water partition coefficient (Wildman–Crippen LogP) is -0.633. The Bertz CT molecular complexity index is 318. The lowest BCUT2D eigenvalue weighted by Crippen LogP contribution is -3.00. The van der Waals surface area contributed by atoms with Gasteiger partial charge in [0.15, 0.2) is 0 Å². The molecule has 0 spiro atoms. The number of benzene rings is 1. The third kappa shape index (κ3) is 3.85. The van der Waals surface area contributed by atoms with Crippen molar-refractivity contribution in [2.75, 3.05) is 44.7 Å². The van der Waals surface area contributed by atoms with E-state index < -0.39 is 0 Å². The molecule has 1 aliphatic heterocycles. The first kappa shape index (κ1) is 14.8. The van der Waals surface area contributed by atoms with Crippen molar-refractivity contribution >= 4 is 5.69 Å². The molecule has 2 rings (SSSR count). The highest BCUT2D eigenvalue weighted by molar-refractivity contribution is 5.46. The molecular weight excluding hydrogens is 323 g/mol. The van der Waals surface area contributed by atoms with Gasteiger partial charge >= 0.3 is 0 Å². The smallest absolute Gasteiger partial charge is 0.0963 e. The minimum Gasteiger partial charge on any atom is -1.00 e. The zero-order valence-corrected chi connectivity index (χ0v) is 13.1. The first-order valence-corrected chi connectivity index (χ1v) is 6.37. The van der Waals surface area contributed by atoms with E-state index in [1.54, 1.807) is 0 Å². The Morgan fingerprint density at radius 2 is 1.71 bits per heavy atom. The fourth-order valence-corrected chi connectivity index (χ4v) is 2.61. The number of quaternary nitrogens is 1. The van der Waals surface area contributed by atoms with Gasteiger partial charge in [0.25, 0.3) is 0 Å². The zero-order chi connectivity index (χ0) is 11.4. The molecule has 0 unspecified atom stereocenters. The number of rotatable bonds is 3. The fraction of sp³-hybridized carbons (Fsp3) is 0.571. The summed E-state index contributed by atoms with van der Waals surface area (Å²) in [6.45, 7) is 8.56. The van der Waals surface area contributed by atoms with Crippen LogP contribution in [0.3, 0.4) is 0 Å². The van der Waals surface area contributed by atoms with Crippen LogP contribution in [0.2, 0.25) is 0 Å². The van der Waals surface area contributed by atoms with Crippen molar-refractivity contribution < 1.29 is 28.5 Å². The summed E-state index contributed by atoms with van der Waals surface area (Å²) in [5.74, 6) is 0. The summed E-state index contributed by atoms with van der Waals surface area (Å²) in [7, 11) is 2.39. The average Bonchev–Trinajstić information content (AvgIpc) is 2.31. The van der Waals surface area contributed by atoms with E-state index in [0.29, 0.717) is 0 Å². The van der Waals surface area contributed by atoms with Gasteiger partial charge in [-0.2, -0.15) is 0 Å². The quantitative estimate of drug-likeness (QED) is 0.520. The van der Waals surface area contributed by atoms with Crippen molar-refractivity contribution in [2.45, 2.75) is 13.3 Å². The monoisotopic (exact) mass is 346 g/mol. The van der Waals surface area contributed by atoms with Gasteiger partial charge in [-0.15, -0.1) is 0 Å². The van der Waals surface area contributed by atoms with Crippen LogP contribution in [-0.2, 0) is 0 Å². The third-order valence-electron chi connectivity index (χ3n) is 3.70. The van der Waals surface area contributed by atoms with E-state index in [9.17, 15) is 0 Å². The minimum atomic E-state index is 0.